The molecular weight excluding hydrogens is 184 g/mol. The van der Waals surface area contributed by atoms with E-state index in [1.807, 2.05) is 0 Å². The van der Waals surface area contributed by atoms with Crippen molar-refractivity contribution in [1.29, 1.82) is 0 Å². The van der Waals surface area contributed by atoms with Gasteiger partial charge in [-0.3, -0.25) is 14.6 Å². The molecule has 2 heterocycles. The molecular formula is C9H10N2O3. The quantitative estimate of drug-likeness (QED) is 0.709. The molecule has 1 aliphatic rings. The Bertz CT molecular complexity index is 348. The Kier molecular flexibility index (Phi) is 2.32. The highest BCUT2D eigenvalue weighted by Gasteiger charge is 2.21. The van der Waals surface area contributed by atoms with Gasteiger partial charge in [-0.15, -0.1) is 0 Å². The third-order valence-electron chi connectivity index (χ3n) is 1.95. The van der Waals surface area contributed by atoms with E-state index in [9.17, 15) is 4.79 Å². The maximum atomic E-state index is 11.6. The molecule has 1 fully saturated rings. The fourth-order valence-corrected chi connectivity index (χ4v) is 1.30. The van der Waals surface area contributed by atoms with Gasteiger partial charge in [-0.1, -0.05) is 0 Å². The van der Waals surface area contributed by atoms with Gasteiger partial charge >= 0.3 is 0 Å². The summed E-state index contributed by atoms with van der Waals surface area (Å²) in [5.74, 6) is -0.277. The largest absolute Gasteiger partial charge is 0.506 e. The number of aromatic hydroxyl groups is 1. The Hall–Kier alpha value is -1.62. The molecule has 1 N–H and O–H groups in total. The van der Waals surface area contributed by atoms with Crippen molar-refractivity contribution in [3.05, 3.63) is 24.0 Å². The number of aromatic nitrogens is 1. The zero-order valence-corrected chi connectivity index (χ0v) is 7.51. The molecule has 1 saturated heterocycles. The van der Waals surface area contributed by atoms with E-state index < -0.39 is 0 Å². The zero-order valence-electron chi connectivity index (χ0n) is 7.51. The smallest absolute Gasteiger partial charge is 0.279 e. The summed E-state index contributed by atoms with van der Waals surface area (Å²) in [5, 5.41) is 10.4. The average molecular weight is 194 g/mol. The highest BCUT2D eigenvalue weighted by molar-refractivity contribution is 5.93. The van der Waals surface area contributed by atoms with Crippen molar-refractivity contribution in [2.45, 2.75) is 6.42 Å². The van der Waals surface area contributed by atoms with Crippen LogP contribution in [0, 0.1) is 0 Å². The van der Waals surface area contributed by atoms with Gasteiger partial charge in [-0.05, 0) is 12.5 Å². The summed E-state index contributed by atoms with van der Waals surface area (Å²) >= 11 is 0. The first kappa shape index (κ1) is 8.96. The van der Waals surface area contributed by atoms with Crippen molar-refractivity contribution >= 4 is 5.91 Å². The number of hydroxylamine groups is 2. The lowest BCUT2D eigenvalue weighted by Gasteiger charge is -2.13. The molecule has 0 unspecified atom stereocenters. The fourth-order valence-electron chi connectivity index (χ4n) is 1.30. The summed E-state index contributed by atoms with van der Waals surface area (Å²) in [6, 6.07) is 1.37. The number of carbonyl (C=O) groups excluding carboxylic acids is 1. The van der Waals surface area contributed by atoms with Crippen LogP contribution in [0.5, 0.6) is 5.75 Å². The lowest BCUT2D eigenvalue weighted by molar-refractivity contribution is -0.0768. The number of hydrogen-bond acceptors (Lipinski definition) is 4. The summed E-state index contributed by atoms with van der Waals surface area (Å²) < 4.78 is 0. The summed E-state index contributed by atoms with van der Waals surface area (Å²) in [6.07, 6.45) is 3.53. The van der Waals surface area contributed by atoms with Crippen LogP contribution >= 0.6 is 0 Å². The van der Waals surface area contributed by atoms with Crippen molar-refractivity contribution in [2.24, 2.45) is 0 Å². The van der Waals surface area contributed by atoms with Gasteiger partial charge in [0.05, 0.1) is 24.9 Å². The van der Waals surface area contributed by atoms with E-state index in [4.69, 9.17) is 9.94 Å². The van der Waals surface area contributed by atoms with Crippen LogP contribution in [0.15, 0.2) is 18.5 Å². The van der Waals surface area contributed by atoms with E-state index in [0.29, 0.717) is 18.7 Å². The molecule has 0 aliphatic carbocycles. The molecule has 14 heavy (non-hydrogen) atoms. The Morgan fingerprint density at radius 1 is 1.57 bits per heavy atom. The van der Waals surface area contributed by atoms with Gasteiger partial charge in [0.25, 0.3) is 5.91 Å². The molecule has 0 bridgehead atoms. The fraction of sp³-hybridized carbons (Fsp3) is 0.333. The number of carbonyl (C=O) groups is 1. The molecule has 1 aliphatic heterocycles. The van der Waals surface area contributed by atoms with E-state index in [1.54, 1.807) is 0 Å². The van der Waals surface area contributed by atoms with Crippen molar-refractivity contribution in [1.82, 2.24) is 10.0 Å². The third-order valence-corrected chi connectivity index (χ3v) is 1.95. The highest BCUT2D eigenvalue weighted by atomic mass is 16.7. The molecule has 1 aromatic heterocycles. The predicted molar refractivity (Wildman–Crippen MR) is 47.5 cm³/mol. The molecule has 74 valence electrons. The molecule has 2 rings (SSSR count). The number of rotatable bonds is 1. The molecule has 0 radical (unpaired) electrons. The van der Waals surface area contributed by atoms with E-state index >= 15 is 0 Å². The number of amides is 1. The summed E-state index contributed by atoms with van der Waals surface area (Å²) in [4.78, 5) is 20.5. The van der Waals surface area contributed by atoms with Gasteiger partial charge in [0.15, 0.2) is 0 Å². The van der Waals surface area contributed by atoms with E-state index in [2.05, 4.69) is 4.98 Å². The van der Waals surface area contributed by atoms with Gasteiger partial charge < -0.3 is 5.11 Å². The van der Waals surface area contributed by atoms with Crippen LogP contribution in [0.25, 0.3) is 0 Å². The van der Waals surface area contributed by atoms with Crippen LogP contribution in [-0.4, -0.2) is 34.2 Å². The van der Waals surface area contributed by atoms with Crippen molar-refractivity contribution < 1.29 is 14.7 Å². The van der Waals surface area contributed by atoms with Gasteiger partial charge in [-0.2, -0.15) is 0 Å². The summed E-state index contributed by atoms with van der Waals surface area (Å²) in [7, 11) is 0. The first-order valence-corrected chi connectivity index (χ1v) is 4.36. The van der Waals surface area contributed by atoms with Crippen molar-refractivity contribution in [3.63, 3.8) is 0 Å². The number of nitrogens with zero attached hydrogens (tertiary/aromatic N) is 2. The number of hydrogen-bond donors (Lipinski definition) is 1. The third kappa shape index (κ3) is 1.67. The molecule has 1 amide bonds. The molecule has 0 spiro atoms. The molecule has 5 nitrogen and oxygen atoms in total. The van der Waals surface area contributed by atoms with E-state index in [1.165, 1.54) is 23.5 Å². The maximum absolute atomic E-state index is 11.6. The molecule has 5 heteroatoms. The number of pyridine rings is 1. The van der Waals surface area contributed by atoms with Gasteiger partial charge in [0.1, 0.15) is 5.75 Å². The molecule has 0 saturated carbocycles. The van der Waals surface area contributed by atoms with Crippen LogP contribution in [0.2, 0.25) is 0 Å². The second kappa shape index (κ2) is 3.63. The first-order chi connectivity index (χ1) is 6.77. The summed E-state index contributed by atoms with van der Waals surface area (Å²) in [6.45, 7) is 1.16. The normalized spacial score (nSPS) is 15.9. The second-order valence-electron chi connectivity index (χ2n) is 3.03. The standard InChI is InChI=1S/C9H10N2O3/c12-8-4-7(5-10-6-8)9(13)11-2-1-3-14-11/h4-6,12H,1-3H2. The Balaban J connectivity index is 2.17. The Morgan fingerprint density at radius 2 is 2.43 bits per heavy atom. The molecule has 1 aromatic rings. The van der Waals surface area contributed by atoms with Crippen LogP contribution in [0.4, 0.5) is 0 Å². The maximum Gasteiger partial charge on any atom is 0.279 e. The van der Waals surface area contributed by atoms with Gasteiger partial charge in [0.2, 0.25) is 0 Å². The minimum Gasteiger partial charge on any atom is -0.506 e. The highest BCUT2D eigenvalue weighted by Crippen LogP contribution is 2.13. The van der Waals surface area contributed by atoms with Gasteiger partial charge in [0, 0.05) is 6.20 Å². The SMILES string of the molecule is O=C(c1cncc(O)c1)N1CCCO1. The van der Waals surface area contributed by atoms with Crippen LogP contribution in [-0.2, 0) is 4.84 Å². The van der Waals surface area contributed by atoms with E-state index in [-0.39, 0.29) is 11.7 Å². The van der Waals surface area contributed by atoms with Crippen LogP contribution in [0.1, 0.15) is 16.8 Å². The first-order valence-electron chi connectivity index (χ1n) is 4.36. The monoisotopic (exact) mass is 194 g/mol. The van der Waals surface area contributed by atoms with E-state index in [0.717, 1.165) is 6.42 Å². The van der Waals surface area contributed by atoms with Gasteiger partial charge in [-0.25, -0.2) is 5.06 Å². The van der Waals surface area contributed by atoms with Crippen molar-refractivity contribution in [3.8, 4) is 5.75 Å². The minimum absolute atomic E-state index is 0.0185. The average Bonchev–Trinajstić information content (AvgIpc) is 2.69. The predicted octanol–water partition coefficient (Wildman–Crippen LogP) is 0.565. The van der Waals surface area contributed by atoms with Crippen LogP contribution in [0.3, 0.4) is 0 Å². The van der Waals surface area contributed by atoms with Crippen molar-refractivity contribution in [2.75, 3.05) is 13.2 Å². The topological polar surface area (TPSA) is 62.7 Å². The van der Waals surface area contributed by atoms with Crippen LogP contribution < -0.4 is 0 Å². The lowest BCUT2D eigenvalue weighted by atomic mass is 10.2. The zero-order chi connectivity index (χ0) is 9.97. The Labute approximate surface area is 80.9 Å². The Morgan fingerprint density at radius 3 is 3.07 bits per heavy atom. The summed E-state index contributed by atoms with van der Waals surface area (Å²) in [5.41, 5.74) is 0.340. The molecule has 0 aromatic carbocycles. The minimum atomic E-state index is -0.258. The lowest BCUT2D eigenvalue weighted by Crippen LogP contribution is -2.26. The second-order valence-corrected chi connectivity index (χ2v) is 3.03. The molecule has 0 atom stereocenters.